The highest BCUT2D eigenvalue weighted by Gasteiger charge is 2.30. The molecule has 1 heterocycles. The first-order valence-corrected chi connectivity index (χ1v) is 6.32. The number of aryl methyl sites for hydroxylation is 1. The first-order chi connectivity index (χ1) is 8.85. The fourth-order valence-electron chi connectivity index (χ4n) is 2.02. The van der Waals surface area contributed by atoms with Crippen LogP contribution in [0.5, 0.6) is 0 Å². The third-order valence-corrected chi connectivity index (χ3v) is 3.06. The molecule has 1 N–H and O–H groups in total. The number of alkyl halides is 3. The second-order valence-corrected chi connectivity index (χ2v) is 5.11. The number of halogens is 3. The van der Waals surface area contributed by atoms with Gasteiger partial charge in [-0.15, -0.1) is 0 Å². The Labute approximate surface area is 110 Å². The van der Waals surface area contributed by atoms with Gasteiger partial charge in [-0.25, -0.2) is 4.98 Å². The van der Waals surface area contributed by atoms with Gasteiger partial charge in [0.15, 0.2) is 0 Å². The Morgan fingerprint density at radius 3 is 2.63 bits per heavy atom. The van der Waals surface area contributed by atoms with Gasteiger partial charge in [-0.1, -0.05) is 0 Å². The first kappa shape index (κ1) is 14.1. The summed E-state index contributed by atoms with van der Waals surface area (Å²) in [6, 6.07) is 2.50. The summed E-state index contributed by atoms with van der Waals surface area (Å²) >= 11 is 0. The van der Waals surface area contributed by atoms with Crippen molar-refractivity contribution in [3.05, 3.63) is 23.4 Å². The molecule has 1 aromatic heterocycles. The number of hydrogen-bond acceptors (Lipinski definition) is 3. The standard InChI is InChI=1S/C13H18F3N3/c1-9-5-10(6-17-11-3-4-11)7-18-12(9)19(2)8-13(14,15)16/h5,7,11,17H,3-4,6,8H2,1-2H3. The molecule has 0 bridgehead atoms. The maximum absolute atomic E-state index is 12.3. The van der Waals surface area contributed by atoms with E-state index in [2.05, 4.69) is 10.3 Å². The summed E-state index contributed by atoms with van der Waals surface area (Å²) in [7, 11) is 1.41. The highest BCUT2D eigenvalue weighted by molar-refractivity contribution is 5.46. The summed E-state index contributed by atoms with van der Waals surface area (Å²) < 4.78 is 37.0. The van der Waals surface area contributed by atoms with Crippen LogP contribution in [0.4, 0.5) is 19.0 Å². The van der Waals surface area contributed by atoms with E-state index in [9.17, 15) is 13.2 Å². The lowest BCUT2D eigenvalue weighted by molar-refractivity contribution is -0.119. The molecule has 0 saturated heterocycles. The predicted octanol–water partition coefficient (Wildman–Crippen LogP) is 2.64. The van der Waals surface area contributed by atoms with E-state index >= 15 is 0 Å². The van der Waals surface area contributed by atoms with Crippen LogP contribution in [0.25, 0.3) is 0 Å². The van der Waals surface area contributed by atoms with Crippen molar-refractivity contribution in [2.24, 2.45) is 0 Å². The lowest BCUT2D eigenvalue weighted by atomic mass is 10.2. The Morgan fingerprint density at radius 2 is 2.11 bits per heavy atom. The topological polar surface area (TPSA) is 28.2 Å². The van der Waals surface area contributed by atoms with Gasteiger partial charge in [0.05, 0.1) is 0 Å². The molecule has 1 aliphatic rings. The molecule has 3 nitrogen and oxygen atoms in total. The van der Waals surface area contributed by atoms with Crippen LogP contribution < -0.4 is 10.2 Å². The second-order valence-electron chi connectivity index (χ2n) is 5.11. The first-order valence-electron chi connectivity index (χ1n) is 6.32. The third-order valence-electron chi connectivity index (χ3n) is 3.06. The van der Waals surface area contributed by atoms with Crippen LogP contribution in [0.15, 0.2) is 12.3 Å². The summed E-state index contributed by atoms with van der Waals surface area (Å²) in [6.07, 6.45) is -0.155. The van der Waals surface area contributed by atoms with Crippen molar-refractivity contribution in [2.75, 3.05) is 18.5 Å². The minimum atomic E-state index is -4.21. The van der Waals surface area contributed by atoms with E-state index in [1.807, 2.05) is 6.07 Å². The zero-order valence-electron chi connectivity index (χ0n) is 11.1. The SMILES string of the molecule is Cc1cc(CNC2CC2)cnc1N(C)CC(F)(F)F. The Morgan fingerprint density at radius 1 is 1.42 bits per heavy atom. The molecular formula is C13H18F3N3. The number of nitrogens with one attached hydrogen (secondary N) is 1. The van der Waals surface area contributed by atoms with E-state index in [0.29, 0.717) is 11.9 Å². The molecule has 0 atom stereocenters. The highest BCUT2D eigenvalue weighted by atomic mass is 19.4. The van der Waals surface area contributed by atoms with Crippen LogP contribution >= 0.6 is 0 Å². The molecule has 6 heteroatoms. The maximum atomic E-state index is 12.3. The lowest BCUT2D eigenvalue weighted by Crippen LogP contribution is -2.32. The van der Waals surface area contributed by atoms with Gasteiger partial charge >= 0.3 is 6.18 Å². The summed E-state index contributed by atoms with van der Waals surface area (Å²) in [6.45, 7) is 1.53. The van der Waals surface area contributed by atoms with E-state index in [4.69, 9.17) is 0 Å². The van der Waals surface area contributed by atoms with Crippen molar-refractivity contribution in [2.45, 2.75) is 38.5 Å². The molecule has 19 heavy (non-hydrogen) atoms. The average molecular weight is 273 g/mol. The van der Waals surface area contributed by atoms with Gasteiger partial charge in [0.1, 0.15) is 12.4 Å². The summed E-state index contributed by atoms with van der Waals surface area (Å²) in [5.41, 5.74) is 1.77. The van der Waals surface area contributed by atoms with Crippen LogP contribution in [0.2, 0.25) is 0 Å². The van der Waals surface area contributed by atoms with Gasteiger partial charge in [0.2, 0.25) is 0 Å². The fraction of sp³-hybridized carbons (Fsp3) is 0.615. The molecule has 106 valence electrons. The Hall–Kier alpha value is -1.30. The van der Waals surface area contributed by atoms with Crippen molar-refractivity contribution in [1.29, 1.82) is 0 Å². The van der Waals surface area contributed by atoms with Crippen LogP contribution in [0.3, 0.4) is 0 Å². The summed E-state index contributed by atoms with van der Waals surface area (Å²) in [5, 5.41) is 3.35. The van der Waals surface area contributed by atoms with Crippen LogP contribution in [0.1, 0.15) is 24.0 Å². The van der Waals surface area contributed by atoms with Gasteiger partial charge in [0, 0.05) is 25.8 Å². The molecule has 1 saturated carbocycles. The minimum Gasteiger partial charge on any atom is -0.350 e. The normalized spacial score (nSPS) is 15.6. The van der Waals surface area contributed by atoms with Crippen LogP contribution in [0, 0.1) is 6.92 Å². The number of aromatic nitrogens is 1. The molecule has 1 aliphatic carbocycles. The third kappa shape index (κ3) is 4.38. The average Bonchev–Trinajstić information content (AvgIpc) is 3.07. The van der Waals surface area contributed by atoms with E-state index in [1.54, 1.807) is 13.1 Å². The predicted molar refractivity (Wildman–Crippen MR) is 68.2 cm³/mol. The number of anilines is 1. The van der Waals surface area contributed by atoms with Crippen molar-refractivity contribution in [3.8, 4) is 0 Å². The minimum absolute atomic E-state index is 0.382. The van der Waals surface area contributed by atoms with Crippen molar-refractivity contribution < 1.29 is 13.2 Å². The number of pyridine rings is 1. The van der Waals surface area contributed by atoms with Gasteiger partial charge in [-0.05, 0) is 37.0 Å². The van der Waals surface area contributed by atoms with Crippen LogP contribution in [-0.4, -0.2) is 30.8 Å². The fourth-order valence-corrected chi connectivity index (χ4v) is 2.02. The zero-order chi connectivity index (χ0) is 14.0. The molecule has 0 radical (unpaired) electrons. The van der Waals surface area contributed by atoms with Crippen molar-refractivity contribution >= 4 is 5.82 Å². The molecular weight excluding hydrogens is 255 g/mol. The number of rotatable bonds is 5. The van der Waals surface area contributed by atoms with Gasteiger partial charge < -0.3 is 10.2 Å². The van der Waals surface area contributed by atoms with E-state index < -0.39 is 12.7 Å². The molecule has 0 aromatic carbocycles. The smallest absolute Gasteiger partial charge is 0.350 e. The maximum Gasteiger partial charge on any atom is 0.405 e. The summed E-state index contributed by atoms with van der Waals surface area (Å²) in [5.74, 6) is 0.382. The largest absolute Gasteiger partial charge is 0.405 e. The van der Waals surface area contributed by atoms with E-state index in [0.717, 1.165) is 22.6 Å². The second kappa shape index (κ2) is 5.36. The van der Waals surface area contributed by atoms with Crippen LogP contribution in [-0.2, 0) is 6.54 Å². The highest BCUT2D eigenvalue weighted by Crippen LogP contribution is 2.23. The Bertz CT molecular complexity index is 441. The quantitative estimate of drug-likeness (QED) is 0.894. The molecule has 1 fully saturated rings. The molecule has 0 unspecified atom stereocenters. The van der Waals surface area contributed by atoms with E-state index in [1.165, 1.54) is 19.9 Å². The monoisotopic (exact) mass is 273 g/mol. The number of hydrogen-bond donors (Lipinski definition) is 1. The zero-order valence-corrected chi connectivity index (χ0v) is 11.1. The molecule has 0 aliphatic heterocycles. The number of nitrogens with zero attached hydrogens (tertiary/aromatic N) is 2. The van der Waals surface area contributed by atoms with E-state index in [-0.39, 0.29) is 0 Å². The summed E-state index contributed by atoms with van der Waals surface area (Å²) in [4.78, 5) is 5.28. The lowest BCUT2D eigenvalue weighted by Gasteiger charge is -2.21. The molecule has 0 amide bonds. The van der Waals surface area contributed by atoms with Crippen molar-refractivity contribution in [1.82, 2.24) is 10.3 Å². The molecule has 2 rings (SSSR count). The molecule has 0 spiro atoms. The Balaban J connectivity index is 2.00. The van der Waals surface area contributed by atoms with Gasteiger partial charge in [-0.2, -0.15) is 13.2 Å². The molecule has 1 aromatic rings. The Kier molecular flexibility index (Phi) is 3.99. The van der Waals surface area contributed by atoms with Gasteiger partial charge in [-0.3, -0.25) is 0 Å². The van der Waals surface area contributed by atoms with Gasteiger partial charge in [0.25, 0.3) is 0 Å². The van der Waals surface area contributed by atoms with Crippen molar-refractivity contribution in [3.63, 3.8) is 0 Å².